The number of carbonyl (C=O) groups excluding carboxylic acids is 1. The highest BCUT2D eigenvalue weighted by Crippen LogP contribution is 2.29. The number of hydrogen-bond donors (Lipinski definition) is 0. The van der Waals surface area contributed by atoms with E-state index in [0.29, 0.717) is 10.7 Å². The maximum absolute atomic E-state index is 12.6. The van der Waals surface area contributed by atoms with Gasteiger partial charge in [0.15, 0.2) is 16.8 Å². The lowest BCUT2D eigenvalue weighted by Gasteiger charge is -2.10. The van der Waals surface area contributed by atoms with Gasteiger partial charge in [0.2, 0.25) is 0 Å². The lowest BCUT2D eigenvalue weighted by molar-refractivity contribution is 0.0994. The van der Waals surface area contributed by atoms with Gasteiger partial charge in [-0.3, -0.25) is 4.79 Å². The van der Waals surface area contributed by atoms with Crippen molar-refractivity contribution in [2.24, 2.45) is 7.05 Å². The Bertz CT molecular complexity index is 883. The van der Waals surface area contributed by atoms with Gasteiger partial charge in [0.25, 0.3) is 0 Å². The van der Waals surface area contributed by atoms with Crippen LogP contribution in [0.1, 0.15) is 23.0 Å². The molecule has 0 aliphatic heterocycles. The van der Waals surface area contributed by atoms with Crippen LogP contribution < -0.4 is 4.74 Å². The number of carbonyl (C=O) groups is 1. The first-order chi connectivity index (χ1) is 12.0. The Hall–Kier alpha value is -2.54. The molecular weight excluding hydrogens is 338 g/mol. The van der Waals surface area contributed by atoms with Crippen molar-refractivity contribution in [3.63, 3.8) is 0 Å². The zero-order chi connectivity index (χ0) is 18.0. The number of rotatable bonds is 6. The third-order valence-electron chi connectivity index (χ3n) is 3.96. The first-order valence-corrected chi connectivity index (χ1v) is 8.68. The number of thioether (sulfide) groups is 1. The van der Waals surface area contributed by atoms with Crippen LogP contribution in [0.2, 0.25) is 0 Å². The monoisotopic (exact) mass is 357 g/mol. The van der Waals surface area contributed by atoms with Gasteiger partial charge in [-0.1, -0.05) is 11.8 Å². The summed E-state index contributed by atoms with van der Waals surface area (Å²) in [5, 5.41) is 8.85. The summed E-state index contributed by atoms with van der Waals surface area (Å²) >= 11 is 1.38. The predicted octanol–water partition coefficient (Wildman–Crippen LogP) is 3.76. The average Bonchev–Trinajstić information content (AvgIpc) is 3.20. The van der Waals surface area contributed by atoms with E-state index in [1.807, 2.05) is 31.5 Å². The molecule has 130 valence electrons. The Kier molecular flexibility index (Phi) is 4.94. The highest BCUT2D eigenvalue weighted by molar-refractivity contribution is 8.00. The molecule has 0 aliphatic carbocycles. The van der Waals surface area contributed by atoms with Crippen molar-refractivity contribution in [1.29, 1.82) is 0 Å². The number of furan rings is 1. The van der Waals surface area contributed by atoms with Crippen molar-refractivity contribution in [3.8, 4) is 17.1 Å². The van der Waals surface area contributed by atoms with Gasteiger partial charge in [-0.05, 0) is 44.2 Å². The van der Waals surface area contributed by atoms with Crippen molar-refractivity contribution in [3.05, 3.63) is 47.9 Å². The summed E-state index contributed by atoms with van der Waals surface area (Å²) in [6, 6.07) is 8.98. The van der Waals surface area contributed by atoms with Crippen molar-refractivity contribution >= 4 is 17.5 Å². The fourth-order valence-corrected chi connectivity index (χ4v) is 3.36. The smallest absolute Gasteiger partial charge is 0.191 e. The number of hydrogen-bond acceptors (Lipinski definition) is 6. The molecule has 0 saturated heterocycles. The Morgan fingerprint density at radius 2 is 1.96 bits per heavy atom. The molecule has 0 aliphatic rings. The minimum atomic E-state index is -0.283. The van der Waals surface area contributed by atoms with Crippen molar-refractivity contribution in [2.75, 3.05) is 7.11 Å². The third kappa shape index (κ3) is 3.46. The molecule has 6 nitrogen and oxygen atoms in total. The van der Waals surface area contributed by atoms with Crippen LogP contribution in [0.15, 0.2) is 46.2 Å². The molecule has 0 saturated carbocycles. The zero-order valence-electron chi connectivity index (χ0n) is 14.5. The summed E-state index contributed by atoms with van der Waals surface area (Å²) in [6.45, 7) is 3.75. The zero-order valence-corrected chi connectivity index (χ0v) is 15.3. The molecule has 0 amide bonds. The largest absolute Gasteiger partial charge is 0.497 e. The first-order valence-electron chi connectivity index (χ1n) is 7.80. The van der Waals surface area contributed by atoms with Gasteiger partial charge >= 0.3 is 0 Å². The van der Waals surface area contributed by atoms with E-state index in [-0.39, 0.29) is 11.0 Å². The molecule has 1 unspecified atom stereocenters. The molecule has 1 aromatic carbocycles. The minimum absolute atomic E-state index is 0.0386. The molecule has 25 heavy (non-hydrogen) atoms. The number of aryl methyl sites for hydroxylation is 1. The summed E-state index contributed by atoms with van der Waals surface area (Å²) in [4.78, 5) is 12.6. The van der Waals surface area contributed by atoms with E-state index in [9.17, 15) is 4.79 Å². The predicted molar refractivity (Wildman–Crippen MR) is 96.1 cm³/mol. The summed E-state index contributed by atoms with van der Waals surface area (Å²) < 4.78 is 12.3. The van der Waals surface area contributed by atoms with E-state index < -0.39 is 0 Å². The molecule has 0 fully saturated rings. The number of Topliss-reactive ketones (excluding diaryl/α,β-unsaturated/α-hetero) is 1. The standard InChI is InChI=1S/C18H19N3O3S/c1-11-15(9-10-24-11)17-19-20-18(21(17)3)25-12(2)16(22)13-5-7-14(23-4)8-6-13/h5-10,12H,1-4H3. The average molecular weight is 357 g/mol. The maximum Gasteiger partial charge on any atom is 0.191 e. The lowest BCUT2D eigenvalue weighted by atomic mass is 10.1. The van der Waals surface area contributed by atoms with E-state index >= 15 is 0 Å². The molecule has 7 heteroatoms. The van der Waals surface area contributed by atoms with Crippen LogP contribution in [0.3, 0.4) is 0 Å². The van der Waals surface area contributed by atoms with Gasteiger partial charge in [-0.15, -0.1) is 10.2 Å². The summed E-state index contributed by atoms with van der Waals surface area (Å²) in [7, 11) is 3.48. The number of methoxy groups -OCH3 is 1. The van der Waals surface area contributed by atoms with Gasteiger partial charge < -0.3 is 13.7 Å². The fourth-order valence-electron chi connectivity index (χ4n) is 2.47. The molecule has 0 bridgehead atoms. The lowest BCUT2D eigenvalue weighted by Crippen LogP contribution is -2.14. The highest BCUT2D eigenvalue weighted by Gasteiger charge is 2.21. The van der Waals surface area contributed by atoms with Crippen LogP contribution in [0.5, 0.6) is 5.75 Å². The highest BCUT2D eigenvalue weighted by atomic mass is 32.2. The van der Waals surface area contributed by atoms with Crippen molar-refractivity contribution in [2.45, 2.75) is 24.3 Å². The van der Waals surface area contributed by atoms with Crippen LogP contribution in [0.4, 0.5) is 0 Å². The van der Waals surface area contributed by atoms with Gasteiger partial charge in [0, 0.05) is 12.6 Å². The van der Waals surface area contributed by atoms with E-state index in [4.69, 9.17) is 9.15 Å². The SMILES string of the molecule is COc1ccc(C(=O)C(C)Sc2nnc(-c3ccoc3C)n2C)cc1. The maximum atomic E-state index is 12.6. The third-order valence-corrected chi connectivity index (χ3v) is 5.09. The second-order valence-electron chi connectivity index (χ2n) is 5.61. The minimum Gasteiger partial charge on any atom is -0.497 e. The van der Waals surface area contributed by atoms with Crippen LogP contribution >= 0.6 is 11.8 Å². The molecule has 0 N–H and O–H groups in total. The summed E-state index contributed by atoms with van der Waals surface area (Å²) in [6.07, 6.45) is 1.63. The van der Waals surface area contributed by atoms with Crippen LogP contribution in [-0.4, -0.2) is 32.9 Å². The quantitative estimate of drug-likeness (QED) is 0.494. The summed E-state index contributed by atoms with van der Waals surface area (Å²) in [5.74, 6) is 2.27. The number of benzene rings is 1. The van der Waals surface area contributed by atoms with E-state index in [2.05, 4.69) is 10.2 Å². The number of aromatic nitrogens is 3. The number of ether oxygens (including phenoxy) is 1. The topological polar surface area (TPSA) is 70.2 Å². The summed E-state index contributed by atoms with van der Waals surface area (Å²) in [5.41, 5.74) is 1.55. The Balaban J connectivity index is 1.76. The van der Waals surface area contributed by atoms with Gasteiger partial charge in [-0.25, -0.2) is 0 Å². The van der Waals surface area contributed by atoms with Gasteiger partial charge in [0.05, 0.1) is 24.2 Å². The second-order valence-corrected chi connectivity index (χ2v) is 6.92. The molecule has 3 rings (SSSR count). The molecule has 2 heterocycles. The van der Waals surface area contributed by atoms with E-state index in [1.165, 1.54) is 11.8 Å². The second kappa shape index (κ2) is 7.14. The van der Waals surface area contributed by atoms with Gasteiger partial charge in [-0.2, -0.15) is 0 Å². The van der Waals surface area contributed by atoms with Crippen LogP contribution in [0.25, 0.3) is 11.4 Å². The molecule has 1 atom stereocenters. The normalized spacial score (nSPS) is 12.2. The molecule has 2 aromatic heterocycles. The Morgan fingerprint density at radius 1 is 1.24 bits per heavy atom. The fraction of sp³-hybridized carbons (Fsp3) is 0.278. The molecule has 0 radical (unpaired) electrons. The number of nitrogens with zero attached hydrogens (tertiary/aromatic N) is 3. The van der Waals surface area contributed by atoms with E-state index in [0.717, 1.165) is 22.9 Å². The van der Waals surface area contributed by atoms with Gasteiger partial charge in [0.1, 0.15) is 11.5 Å². The van der Waals surface area contributed by atoms with Crippen molar-refractivity contribution < 1.29 is 13.9 Å². The molecular formula is C18H19N3O3S. The Morgan fingerprint density at radius 3 is 2.56 bits per heavy atom. The van der Waals surface area contributed by atoms with Crippen LogP contribution in [0, 0.1) is 6.92 Å². The Labute approximate surface area is 150 Å². The van der Waals surface area contributed by atoms with Crippen molar-refractivity contribution in [1.82, 2.24) is 14.8 Å². The molecule has 0 spiro atoms. The number of ketones is 1. The van der Waals surface area contributed by atoms with E-state index in [1.54, 1.807) is 37.6 Å². The first kappa shape index (κ1) is 17.3. The van der Waals surface area contributed by atoms with Crippen LogP contribution in [-0.2, 0) is 7.05 Å². The molecule has 3 aromatic rings.